The van der Waals surface area contributed by atoms with Gasteiger partial charge in [0.1, 0.15) is 0 Å². The molecule has 5 nitrogen and oxygen atoms in total. The van der Waals surface area contributed by atoms with Crippen molar-refractivity contribution in [2.24, 2.45) is 0 Å². The normalized spacial score (nSPS) is 11.8. The van der Waals surface area contributed by atoms with Crippen molar-refractivity contribution in [1.29, 1.82) is 0 Å². The summed E-state index contributed by atoms with van der Waals surface area (Å²) in [5.41, 5.74) is 11.5. The highest BCUT2D eigenvalue weighted by Crippen LogP contribution is 2.44. The quantitative estimate of drug-likeness (QED) is 0.157. The van der Waals surface area contributed by atoms with E-state index in [0.29, 0.717) is 17.5 Å². The molecule has 6 heteroatoms. The van der Waals surface area contributed by atoms with Gasteiger partial charge >= 0.3 is 0 Å². The Labute approximate surface area is 372 Å². The summed E-state index contributed by atoms with van der Waals surface area (Å²) in [5, 5.41) is 8.37. The average Bonchev–Trinajstić information content (AvgIpc) is 3.93. The smallest absolute Gasteiger partial charge is 0.164 e. The SMILES string of the molecule is c1ccc(-c2nc(-c3ccc(-c4cccc5c4sc4ccccc45)cc3)nc(-c3ccc(-n4c5ccccc5c5c(-c6ccccc6)nc6ccc7ccccc7c6c54)cc3)n2)cc1. The lowest BCUT2D eigenvalue weighted by molar-refractivity contribution is 1.07. The first kappa shape index (κ1) is 36.3. The highest BCUT2D eigenvalue weighted by atomic mass is 32.1. The molecule has 4 heterocycles. The second-order valence-electron chi connectivity index (χ2n) is 16.2. The molecule has 0 saturated carbocycles. The lowest BCUT2D eigenvalue weighted by Crippen LogP contribution is -2.01. The van der Waals surface area contributed by atoms with E-state index in [4.69, 9.17) is 19.9 Å². The number of pyridine rings is 1. The average molecular weight is 834 g/mol. The van der Waals surface area contributed by atoms with Gasteiger partial charge in [-0.3, -0.25) is 0 Å². The molecule has 0 bridgehead atoms. The summed E-state index contributed by atoms with van der Waals surface area (Å²) >= 11 is 1.85. The van der Waals surface area contributed by atoms with Crippen LogP contribution in [-0.4, -0.2) is 24.5 Å². The van der Waals surface area contributed by atoms with Gasteiger partial charge in [0.25, 0.3) is 0 Å². The highest BCUT2D eigenvalue weighted by Gasteiger charge is 2.22. The molecule has 0 saturated heterocycles. The molecule has 0 aliphatic rings. The first-order valence-electron chi connectivity index (χ1n) is 21.5. The maximum absolute atomic E-state index is 5.41. The molecule has 0 fully saturated rings. The lowest BCUT2D eigenvalue weighted by Gasteiger charge is -2.14. The first-order chi connectivity index (χ1) is 31.7. The number of aromatic nitrogens is 5. The topological polar surface area (TPSA) is 56.5 Å². The monoisotopic (exact) mass is 833 g/mol. The zero-order valence-electron chi connectivity index (χ0n) is 34.4. The number of hydrogen-bond acceptors (Lipinski definition) is 5. The molecule has 13 aromatic rings. The Morgan fingerprint density at radius 2 is 0.922 bits per heavy atom. The van der Waals surface area contributed by atoms with E-state index in [1.54, 1.807) is 0 Å². The van der Waals surface area contributed by atoms with Gasteiger partial charge in [-0.25, -0.2) is 19.9 Å². The summed E-state index contributed by atoms with van der Waals surface area (Å²) in [7, 11) is 0. The summed E-state index contributed by atoms with van der Waals surface area (Å²) in [6.07, 6.45) is 0. The van der Waals surface area contributed by atoms with Crippen LogP contribution in [0.4, 0.5) is 0 Å². The minimum Gasteiger partial charge on any atom is -0.308 e. The molecule has 0 amide bonds. The van der Waals surface area contributed by atoms with Gasteiger partial charge in [-0.15, -0.1) is 11.3 Å². The fourth-order valence-electron chi connectivity index (χ4n) is 9.45. The predicted octanol–water partition coefficient (Wildman–Crippen LogP) is 15.4. The summed E-state index contributed by atoms with van der Waals surface area (Å²) in [5.74, 6) is 1.87. The second-order valence-corrected chi connectivity index (χ2v) is 17.2. The largest absolute Gasteiger partial charge is 0.308 e. The molecule has 9 aromatic carbocycles. The molecule has 298 valence electrons. The van der Waals surface area contributed by atoms with Crippen molar-refractivity contribution in [3.63, 3.8) is 0 Å². The van der Waals surface area contributed by atoms with Gasteiger partial charge in [0.05, 0.1) is 22.2 Å². The Balaban J connectivity index is 0.961. The van der Waals surface area contributed by atoms with Crippen LogP contribution in [0.5, 0.6) is 0 Å². The zero-order chi connectivity index (χ0) is 42.1. The number of hydrogen-bond donors (Lipinski definition) is 0. The predicted molar refractivity (Wildman–Crippen MR) is 267 cm³/mol. The van der Waals surface area contributed by atoms with Crippen LogP contribution in [-0.2, 0) is 0 Å². The van der Waals surface area contributed by atoms with Crippen molar-refractivity contribution < 1.29 is 0 Å². The fourth-order valence-corrected chi connectivity index (χ4v) is 10.7. The molecule has 0 aliphatic carbocycles. The summed E-state index contributed by atoms with van der Waals surface area (Å²) in [4.78, 5) is 20.7. The number of rotatable bonds is 6. The van der Waals surface area contributed by atoms with Gasteiger partial charge in [-0.1, -0.05) is 170 Å². The Kier molecular flexibility index (Phi) is 8.32. The van der Waals surface area contributed by atoms with Crippen LogP contribution in [0, 0.1) is 0 Å². The minimum absolute atomic E-state index is 0.615. The third-order valence-electron chi connectivity index (χ3n) is 12.4. The van der Waals surface area contributed by atoms with Crippen LogP contribution < -0.4 is 0 Å². The van der Waals surface area contributed by atoms with Crippen molar-refractivity contribution >= 4 is 75.0 Å². The van der Waals surface area contributed by atoms with Gasteiger partial charge in [-0.2, -0.15) is 0 Å². The molecule has 0 aliphatic heterocycles. The molecule has 64 heavy (non-hydrogen) atoms. The first-order valence-corrected chi connectivity index (χ1v) is 22.3. The van der Waals surface area contributed by atoms with E-state index in [2.05, 4.69) is 199 Å². The van der Waals surface area contributed by atoms with E-state index < -0.39 is 0 Å². The van der Waals surface area contributed by atoms with E-state index >= 15 is 0 Å². The van der Waals surface area contributed by atoms with E-state index in [0.717, 1.165) is 71.9 Å². The maximum Gasteiger partial charge on any atom is 0.164 e. The molecule has 0 spiro atoms. The van der Waals surface area contributed by atoms with Crippen molar-refractivity contribution in [2.75, 3.05) is 0 Å². The van der Waals surface area contributed by atoms with Gasteiger partial charge in [0.2, 0.25) is 0 Å². The summed E-state index contributed by atoms with van der Waals surface area (Å²) < 4.78 is 5.00. The van der Waals surface area contributed by atoms with Gasteiger partial charge in [-0.05, 0) is 64.4 Å². The van der Waals surface area contributed by atoms with Gasteiger partial charge < -0.3 is 4.57 Å². The Morgan fingerprint density at radius 1 is 0.359 bits per heavy atom. The number of nitrogens with zero attached hydrogens (tertiary/aromatic N) is 5. The number of para-hydroxylation sites is 1. The molecule has 0 N–H and O–H groups in total. The van der Waals surface area contributed by atoms with Crippen LogP contribution in [0.25, 0.3) is 126 Å². The Morgan fingerprint density at radius 3 is 1.66 bits per heavy atom. The van der Waals surface area contributed by atoms with Crippen LogP contribution in [0.3, 0.4) is 0 Å². The third-order valence-corrected chi connectivity index (χ3v) is 13.7. The van der Waals surface area contributed by atoms with E-state index in [1.807, 2.05) is 29.5 Å². The fraction of sp³-hybridized carbons (Fsp3) is 0. The molecular formula is C58H35N5S. The maximum atomic E-state index is 5.41. The van der Waals surface area contributed by atoms with Crippen LogP contribution in [0.2, 0.25) is 0 Å². The number of fused-ring (bicyclic) bond motifs is 10. The van der Waals surface area contributed by atoms with E-state index in [1.165, 1.54) is 36.5 Å². The van der Waals surface area contributed by atoms with Crippen molar-refractivity contribution in [3.8, 4) is 62.2 Å². The van der Waals surface area contributed by atoms with Crippen LogP contribution in [0.15, 0.2) is 212 Å². The van der Waals surface area contributed by atoms with Crippen molar-refractivity contribution in [2.45, 2.75) is 0 Å². The Hall–Kier alpha value is -8.32. The molecule has 13 rings (SSSR count). The molecular weight excluding hydrogens is 799 g/mol. The summed E-state index contributed by atoms with van der Waals surface area (Å²) in [6, 6.07) is 74.9. The second kappa shape index (κ2) is 14.7. The molecule has 4 aromatic heterocycles. The Bertz CT molecular complexity index is 3930. The number of thiophene rings is 1. The van der Waals surface area contributed by atoms with E-state index in [9.17, 15) is 0 Å². The van der Waals surface area contributed by atoms with E-state index in [-0.39, 0.29) is 0 Å². The van der Waals surface area contributed by atoms with Crippen LogP contribution in [0.1, 0.15) is 0 Å². The number of benzene rings is 9. The standard InChI is InChI=1S/C58H35N5S/c1-3-15-38(16-4-1)53-52-47-21-9-11-24-49(47)63(54(52)51-43-19-8-7-14-36(43)32-35-48(51)59-53)42-33-30-41(31-34-42)58-61-56(39-17-5-2-6-18-39)60-57(62-58)40-28-26-37(27-29-40)44-22-13-23-46-45-20-10-12-25-50(45)64-55(44)46/h1-35H. The van der Waals surface area contributed by atoms with Gasteiger partial charge in [0, 0.05) is 64.3 Å². The van der Waals surface area contributed by atoms with Gasteiger partial charge in [0.15, 0.2) is 17.5 Å². The zero-order valence-corrected chi connectivity index (χ0v) is 35.2. The van der Waals surface area contributed by atoms with Crippen LogP contribution >= 0.6 is 11.3 Å². The van der Waals surface area contributed by atoms with Crippen molar-refractivity contribution in [3.05, 3.63) is 212 Å². The molecule has 0 unspecified atom stereocenters. The molecule has 0 radical (unpaired) electrons. The third kappa shape index (κ3) is 5.84. The highest BCUT2D eigenvalue weighted by molar-refractivity contribution is 7.26. The summed E-state index contributed by atoms with van der Waals surface area (Å²) in [6.45, 7) is 0. The lowest BCUT2D eigenvalue weighted by atomic mass is 9.99. The minimum atomic E-state index is 0.615. The van der Waals surface area contributed by atoms with Crippen molar-refractivity contribution in [1.82, 2.24) is 24.5 Å². The molecule has 0 atom stereocenters.